The van der Waals surface area contributed by atoms with Crippen molar-refractivity contribution >= 4 is 11.3 Å². The minimum atomic E-state index is -0.242. The molecule has 1 N–H and O–H groups in total. The molecule has 2 rings (SSSR count). The molecule has 1 aliphatic rings. The van der Waals surface area contributed by atoms with Crippen LogP contribution in [-0.4, -0.2) is 10.1 Å². The minimum absolute atomic E-state index is 0.242. The third kappa shape index (κ3) is 1.63. The molecule has 0 bridgehead atoms. The van der Waals surface area contributed by atoms with Crippen molar-refractivity contribution in [2.24, 2.45) is 0 Å². The molecule has 1 aromatic rings. The number of aromatic nitrogens is 1. The van der Waals surface area contributed by atoms with E-state index in [9.17, 15) is 5.11 Å². The SMILES string of the molecule is CC(C)c1nc2c(s1)C(O)CCC2. The maximum Gasteiger partial charge on any atom is 0.0957 e. The number of hydrogen-bond donors (Lipinski definition) is 1. The molecule has 0 amide bonds. The fourth-order valence-corrected chi connectivity index (χ4v) is 2.80. The van der Waals surface area contributed by atoms with Gasteiger partial charge in [0.25, 0.3) is 0 Å². The highest BCUT2D eigenvalue weighted by Crippen LogP contribution is 2.35. The number of aliphatic hydroxyl groups is 1. The number of fused-ring (bicyclic) bond motifs is 1. The molecule has 0 aromatic carbocycles. The Hall–Kier alpha value is -0.410. The first-order valence-electron chi connectivity index (χ1n) is 4.86. The molecule has 0 spiro atoms. The second-order valence-electron chi connectivity index (χ2n) is 3.93. The molecular weight excluding hydrogens is 182 g/mol. The summed E-state index contributed by atoms with van der Waals surface area (Å²) in [5.74, 6) is 0.489. The largest absolute Gasteiger partial charge is 0.388 e. The lowest BCUT2D eigenvalue weighted by molar-refractivity contribution is 0.160. The van der Waals surface area contributed by atoms with Crippen LogP contribution in [0.25, 0.3) is 0 Å². The predicted octanol–water partition coefficient (Wildman–Crippen LogP) is 2.64. The second-order valence-corrected chi connectivity index (χ2v) is 4.99. The molecule has 2 nitrogen and oxygen atoms in total. The van der Waals surface area contributed by atoms with Gasteiger partial charge in [-0.2, -0.15) is 0 Å². The van der Waals surface area contributed by atoms with Crippen LogP contribution in [0.4, 0.5) is 0 Å². The van der Waals surface area contributed by atoms with E-state index in [1.54, 1.807) is 11.3 Å². The van der Waals surface area contributed by atoms with E-state index in [-0.39, 0.29) is 6.10 Å². The smallest absolute Gasteiger partial charge is 0.0957 e. The fraction of sp³-hybridized carbons (Fsp3) is 0.700. The maximum absolute atomic E-state index is 9.73. The molecule has 1 aromatic heterocycles. The molecule has 0 fully saturated rings. The van der Waals surface area contributed by atoms with Gasteiger partial charge >= 0.3 is 0 Å². The van der Waals surface area contributed by atoms with Crippen LogP contribution in [0.1, 0.15) is 54.3 Å². The minimum Gasteiger partial charge on any atom is -0.388 e. The molecule has 1 aliphatic carbocycles. The van der Waals surface area contributed by atoms with Crippen LogP contribution in [0.15, 0.2) is 0 Å². The molecule has 0 saturated heterocycles. The van der Waals surface area contributed by atoms with Crippen molar-refractivity contribution in [3.63, 3.8) is 0 Å². The Bertz CT molecular complexity index is 306. The molecule has 1 heterocycles. The first kappa shape index (κ1) is 9.16. The fourth-order valence-electron chi connectivity index (χ4n) is 1.66. The summed E-state index contributed by atoms with van der Waals surface area (Å²) in [7, 11) is 0. The van der Waals surface area contributed by atoms with E-state index in [1.165, 1.54) is 5.01 Å². The Balaban J connectivity index is 2.36. The Morgan fingerprint density at radius 1 is 1.54 bits per heavy atom. The van der Waals surface area contributed by atoms with Gasteiger partial charge in [-0.05, 0) is 19.3 Å². The lowest BCUT2D eigenvalue weighted by atomic mass is 10.0. The molecular formula is C10H15NOS. The third-order valence-electron chi connectivity index (χ3n) is 2.43. The van der Waals surface area contributed by atoms with Crippen molar-refractivity contribution in [3.8, 4) is 0 Å². The zero-order valence-corrected chi connectivity index (χ0v) is 8.90. The highest BCUT2D eigenvalue weighted by atomic mass is 32.1. The topological polar surface area (TPSA) is 33.1 Å². The summed E-state index contributed by atoms with van der Waals surface area (Å²) in [6, 6.07) is 0. The van der Waals surface area contributed by atoms with E-state index in [2.05, 4.69) is 18.8 Å². The van der Waals surface area contributed by atoms with Crippen LogP contribution in [0, 0.1) is 0 Å². The van der Waals surface area contributed by atoms with Gasteiger partial charge in [0.15, 0.2) is 0 Å². The molecule has 1 atom stereocenters. The van der Waals surface area contributed by atoms with E-state index in [0.717, 1.165) is 29.8 Å². The Kier molecular flexibility index (Phi) is 2.39. The van der Waals surface area contributed by atoms with Gasteiger partial charge in [0.2, 0.25) is 0 Å². The van der Waals surface area contributed by atoms with Gasteiger partial charge in [-0.25, -0.2) is 4.98 Å². The zero-order chi connectivity index (χ0) is 9.42. The Morgan fingerprint density at radius 2 is 2.31 bits per heavy atom. The van der Waals surface area contributed by atoms with E-state index in [4.69, 9.17) is 0 Å². The van der Waals surface area contributed by atoms with Crippen LogP contribution in [-0.2, 0) is 6.42 Å². The van der Waals surface area contributed by atoms with Crippen LogP contribution < -0.4 is 0 Å². The Labute approximate surface area is 82.6 Å². The van der Waals surface area contributed by atoms with Crippen molar-refractivity contribution < 1.29 is 5.11 Å². The number of aryl methyl sites for hydroxylation is 1. The average molecular weight is 197 g/mol. The lowest BCUT2D eigenvalue weighted by Gasteiger charge is -2.14. The second kappa shape index (κ2) is 3.39. The number of hydrogen-bond acceptors (Lipinski definition) is 3. The molecule has 1 unspecified atom stereocenters. The third-order valence-corrected chi connectivity index (χ3v) is 3.93. The van der Waals surface area contributed by atoms with Crippen LogP contribution in [0.3, 0.4) is 0 Å². The van der Waals surface area contributed by atoms with Crippen molar-refractivity contribution in [1.29, 1.82) is 0 Å². The summed E-state index contributed by atoms with van der Waals surface area (Å²) in [5, 5.41) is 10.9. The first-order valence-corrected chi connectivity index (χ1v) is 5.67. The highest BCUT2D eigenvalue weighted by Gasteiger charge is 2.23. The highest BCUT2D eigenvalue weighted by molar-refractivity contribution is 7.11. The number of rotatable bonds is 1. The van der Waals surface area contributed by atoms with Crippen molar-refractivity contribution in [2.75, 3.05) is 0 Å². The maximum atomic E-state index is 9.73. The molecule has 13 heavy (non-hydrogen) atoms. The summed E-state index contributed by atoms with van der Waals surface area (Å²) >= 11 is 1.69. The lowest BCUT2D eigenvalue weighted by Crippen LogP contribution is -2.06. The first-order chi connectivity index (χ1) is 6.18. The number of aliphatic hydroxyl groups excluding tert-OH is 1. The van der Waals surface area contributed by atoms with Gasteiger partial charge in [0.1, 0.15) is 0 Å². The van der Waals surface area contributed by atoms with Gasteiger partial charge in [0.05, 0.1) is 21.7 Å². The summed E-state index contributed by atoms with van der Waals surface area (Å²) in [4.78, 5) is 5.68. The van der Waals surface area contributed by atoms with Gasteiger partial charge in [-0.3, -0.25) is 0 Å². The molecule has 72 valence electrons. The van der Waals surface area contributed by atoms with Gasteiger partial charge in [-0.1, -0.05) is 13.8 Å². The summed E-state index contributed by atoms with van der Waals surface area (Å²) < 4.78 is 0. The molecule has 3 heteroatoms. The molecule has 0 radical (unpaired) electrons. The molecule has 0 saturated carbocycles. The van der Waals surface area contributed by atoms with Crippen LogP contribution in [0.2, 0.25) is 0 Å². The quantitative estimate of drug-likeness (QED) is 0.750. The van der Waals surface area contributed by atoms with Crippen molar-refractivity contribution in [1.82, 2.24) is 4.98 Å². The summed E-state index contributed by atoms with van der Waals surface area (Å²) in [6.45, 7) is 4.30. The van der Waals surface area contributed by atoms with Crippen LogP contribution >= 0.6 is 11.3 Å². The number of nitrogens with zero attached hydrogens (tertiary/aromatic N) is 1. The normalized spacial score (nSPS) is 22.0. The van der Waals surface area contributed by atoms with Crippen molar-refractivity contribution in [3.05, 3.63) is 15.6 Å². The van der Waals surface area contributed by atoms with E-state index in [1.807, 2.05) is 0 Å². The standard InChI is InChI=1S/C10H15NOS/c1-6(2)10-11-7-4-3-5-8(12)9(7)13-10/h6,8,12H,3-5H2,1-2H3. The summed E-state index contributed by atoms with van der Waals surface area (Å²) in [5.41, 5.74) is 1.15. The average Bonchev–Trinajstić information content (AvgIpc) is 2.49. The van der Waals surface area contributed by atoms with E-state index < -0.39 is 0 Å². The van der Waals surface area contributed by atoms with E-state index >= 15 is 0 Å². The monoisotopic (exact) mass is 197 g/mol. The van der Waals surface area contributed by atoms with Crippen molar-refractivity contribution in [2.45, 2.75) is 45.1 Å². The zero-order valence-electron chi connectivity index (χ0n) is 8.08. The van der Waals surface area contributed by atoms with Gasteiger partial charge in [-0.15, -0.1) is 11.3 Å². The van der Waals surface area contributed by atoms with E-state index in [0.29, 0.717) is 5.92 Å². The number of thiazole rings is 1. The van der Waals surface area contributed by atoms with Crippen LogP contribution in [0.5, 0.6) is 0 Å². The summed E-state index contributed by atoms with van der Waals surface area (Å²) in [6.07, 6.45) is 2.80. The predicted molar refractivity (Wildman–Crippen MR) is 54.1 cm³/mol. The van der Waals surface area contributed by atoms with Gasteiger partial charge in [0, 0.05) is 5.92 Å². The van der Waals surface area contributed by atoms with Gasteiger partial charge < -0.3 is 5.11 Å². The Morgan fingerprint density at radius 3 is 2.92 bits per heavy atom. The molecule has 0 aliphatic heterocycles.